The molecule has 24 heavy (non-hydrogen) atoms. The van der Waals surface area contributed by atoms with E-state index >= 15 is 0 Å². The third-order valence-corrected chi connectivity index (χ3v) is 4.76. The Morgan fingerprint density at radius 2 is 2.00 bits per heavy atom. The van der Waals surface area contributed by atoms with Crippen molar-refractivity contribution in [2.45, 2.75) is 39.2 Å². The summed E-state index contributed by atoms with van der Waals surface area (Å²) in [6, 6.07) is 5.70. The number of carbonyl (C=O) groups is 1. The summed E-state index contributed by atoms with van der Waals surface area (Å²) in [5.74, 6) is 0.839. The Morgan fingerprint density at radius 1 is 1.29 bits per heavy atom. The summed E-state index contributed by atoms with van der Waals surface area (Å²) in [7, 11) is 0. The van der Waals surface area contributed by atoms with Gasteiger partial charge in [-0.3, -0.25) is 4.79 Å². The van der Waals surface area contributed by atoms with Crippen LogP contribution in [-0.4, -0.2) is 46.5 Å². The molecule has 1 aromatic carbocycles. The molecule has 0 bridgehead atoms. The first-order valence-corrected chi connectivity index (χ1v) is 8.72. The van der Waals surface area contributed by atoms with E-state index in [0.29, 0.717) is 6.42 Å². The number of benzene rings is 1. The predicted octanol–water partition coefficient (Wildman–Crippen LogP) is 1.64. The van der Waals surface area contributed by atoms with Gasteiger partial charge in [0.15, 0.2) is 0 Å². The Morgan fingerprint density at radius 3 is 2.75 bits per heavy atom. The Bertz CT molecular complexity index is 756. The lowest BCUT2D eigenvalue weighted by Crippen LogP contribution is -2.44. The van der Waals surface area contributed by atoms with Gasteiger partial charge in [0.1, 0.15) is 0 Å². The number of rotatable bonds is 5. The lowest BCUT2D eigenvalue weighted by Gasteiger charge is -2.32. The van der Waals surface area contributed by atoms with Crippen LogP contribution in [0, 0.1) is 5.92 Å². The van der Waals surface area contributed by atoms with Crippen LogP contribution in [0.2, 0.25) is 0 Å². The molecule has 1 atom stereocenters. The van der Waals surface area contributed by atoms with Crippen LogP contribution in [0.1, 0.15) is 32.3 Å². The van der Waals surface area contributed by atoms with Gasteiger partial charge in [-0.15, -0.1) is 0 Å². The number of piperidine rings is 1. The van der Waals surface area contributed by atoms with E-state index in [1.54, 1.807) is 0 Å². The van der Waals surface area contributed by atoms with Crippen molar-refractivity contribution >= 4 is 16.9 Å². The Kier molecular flexibility index (Phi) is 5.04. The van der Waals surface area contributed by atoms with Crippen LogP contribution < -0.4 is 11.0 Å². The minimum absolute atomic E-state index is 0.0186. The number of hydrogen-bond acceptors (Lipinski definition) is 3. The first-order chi connectivity index (χ1) is 11.5. The fourth-order valence-corrected chi connectivity index (χ4v) is 3.38. The summed E-state index contributed by atoms with van der Waals surface area (Å²) in [5.41, 5.74) is 2.17. The van der Waals surface area contributed by atoms with Gasteiger partial charge in [0, 0.05) is 12.6 Å². The zero-order valence-electron chi connectivity index (χ0n) is 14.4. The van der Waals surface area contributed by atoms with Crippen molar-refractivity contribution in [2.24, 2.45) is 5.92 Å². The highest BCUT2D eigenvalue weighted by molar-refractivity contribution is 5.81. The minimum atomic E-state index is -0.226. The van der Waals surface area contributed by atoms with Gasteiger partial charge in [0.05, 0.1) is 17.5 Å². The van der Waals surface area contributed by atoms with Gasteiger partial charge in [0.25, 0.3) is 0 Å². The summed E-state index contributed by atoms with van der Waals surface area (Å²) in [5, 5.41) is 3.08. The van der Waals surface area contributed by atoms with E-state index < -0.39 is 0 Å². The normalized spacial score (nSPS) is 17.9. The zero-order chi connectivity index (χ0) is 17.1. The van der Waals surface area contributed by atoms with E-state index in [-0.39, 0.29) is 17.6 Å². The average Bonchev–Trinajstić information content (AvgIpc) is 2.88. The van der Waals surface area contributed by atoms with E-state index in [2.05, 4.69) is 34.0 Å². The molecule has 0 spiro atoms. The van der Waals surface area contributed by atoms with Crippen LogP contribution >= 0.6 is 0 Å². The van der Waals surface area contributed by atoms with E-state index in [0.717, 1.165) is 42.1 Å². The van der Waals surface area contributed by atoms with Crippen molar-refractivity contribution in [3.63, 3.8) is 0 Å². The van der Waals surface area contributed by atoms with Gasteiger partial charge >= 0.3 is 5.69 Å². The molecule has 6 heteroatoms. The summed E-state index contributed by atoms with van der Waals surface area (Å²) in [4.78, 5) is 31.4. The van der Waals surface area contributed by atoms with Crippen molar-refractivity contribution in [3.8, 4) is 0 Å². The van der Waals surface area contributed by atoms with E-state index in [9.17, 15) is 9.59 Å². The number of hydrogen-bond donors (Lipinski definition) is 3. The number of imidazole rings is 1. The summed E-state index contributed by atoms with van der Waals surface area (Å²) < 4.78 is 0. The maximum Gasteiger partial charge on any atom is 0.323 e. The molecule has 1 amide bonds. The minimum Gasteiger partial charge on any atom is -0.352 e. The van der Waals surface area contributed by atoms with Crippen molar-refractivity contribution < 1.29 is 4.79 Å². The second kappa shape index (κ2) is 7.21. The fourth-order valence-electron chi connectivity index (χ4n) is 3.38. The predicted molar refractivity (Wildman–Crippen MR) is 95.1 cm³/mol. The lowest BCUT2D eigenvalue weighted by molar-refractivity contribution is -0.121. The number of amides is 1. The molecule has 1 unspecified atom stereocenters. The first kappa shape index (κ1) is 16.8. The molecular formula is C18H26N4O2. The number of aromatic amines is 2. The quantitative estimate of drug-likeness (QED) is 0.779. The third-order valence-electron chi connectivity index (χ3n) is 4.76. The molecule has 3 rings (SSSR count). The maximum absolute atomic E-state index is 12.2. The van der Waals surface area contributed by atoms with Gasteiger partial charge in [0.2, 0.25) is 5.91 Å². The van der Waals surface area contributed by atoms with Crippen molar-refractivity contribution in [2.75, 3.05) is 19.6 Å². The fraction of sp³-hybridized carbons (Fsp3) is 0.556. The average molecular weight is 330 g/mol. The molecule has 1 fully saturated rings. The van der Waals surface area contributed by atoms with Crippen LogP contribution in [-0.2, 0) is 11.2 Å². The number of aromatic nitrogens is 2. The van der Waals surface area contributed by atoms with Crippen LogP contribution in [0.15, 0.2) is 23.0 Å². The molecule has 0 saturated carbocycles. The smallest absolute Gasteiger partial charge is 0.323 e. The largest absolute Gasteiger partial charge is 0.352 e. The number of likely N-dealkylation sites (tertiary alicyclic amines) is 1. The third kappa shape index (κ3) is 4.26. The zero-order valence-corrected chi connectivity index (χ0v) is 14.4. The van der Waals surface area contributed by atoms with E-state index in [1.165, 1.54) is 12.8 Å². The van der Waals surface area contributed by atoms with E-state index in [4.69, 9.17) is 0 Å². The topological polar surface area (TPSA) is 81.0 Å². The van der Waals surface area contributed by atoms with Crippen molar-refractivity contribution in [1.82, 2.24) is 20.2 Å². The van der Waals surface area contributed by atoms with Gasteiger partial charge in [-0.2, -0.15) is 0 Å². The second-order valence-electron chi connectivity index (χ2n) is 7.09. The molecule has 6 nitrogen and oxygen atoms in total. The molecule has 2 aromatic rings. The summed E-state index contributed by atoms with van der Waals surface area (Å²) >= 11 is 0. The molecular weight excluding hydrogens is 304 g/mol. The standard InChI is InChI=1S/C18H26N4O2/c1-12-5-7-22(8-6-12)11-13(2)19-17(23)10-14-3-4-15-16(9-14)21-18(24)20-15/h3-4,9,12-13H,5-8,10-11H2,1-2H3,(H,19,23)(H2,20,21,24). The Labute approximate surface area is 141 Å². The molecule has 0 radical (unpaired) electrons. The van der Waals surface area contributed by atoms with E-state index in [1.807, 2.05) is 18.2 Å². The van der Waals surface area contributed by atoms with Gasteiger partial charge < -0.3 is 20.2 Å². The van der Waals surface area contributed by atoms with Crippen LogP contribution in [0.4, 0.5) is 0 Å². The number of H-pyrrole nitrogens is 2. The van der Waals surface area contributed by atoms with Gasteiger partial charge in [-0.1, -0.05) is 13.0 Å². The summed E-state index contributed by atoms with van der Waals surface area (Å²) in [6.07, 6.45) is 2.82. The van der Waals surface area contributed by atoms with Gasteiger partial charge in [-0.05, 0) is 56.5 Å². The SMILES string of the molecule is CC1CCN(CC(C)NC(=O)Cc2ccc3[nH]c(=O)[nH]c3c2)CC1. The number of nitrogens with one attached hydrogen (secondary N) is 3. The summed E-state index contributed by atoms with van der Waals surface area (Å²) in [6.45, 7) is 7.51. The highest BCUT2D eigenvalue weighted by atomic mass is 16.1. The maximum atomic E-state index is 12.2. The molecule has 0 aliphatic carbocycles. The highest BCUT2D eigenvalue weighted by Gasteiger charge is 2.18. The lowest BCUT2D eigenvalue weighted by atomic mass is 9.99. The molecule has 1 aliphatic rings. The highest BCUT2D eigenvalue weighted by Crippen LogP contribution is 2.16. The molecule has 1 aliphatic heterocycles. The van der Waals surface area contributed by atoms with Crippen LogP contribution in [0.3, 0.4) is 0 Å². The molecule has 1 saturated heterocycles. The molecule has 2 heterocycles. The van der Waals surface area contributed by atoms with Crippen molar-refractivity contribution in [3.05, 3.63) is 34.2 Å². The number of nitrogens with zero attached hydrogens (tertiary/aromatic N) is 1. The first-order valence-electron chi connectivity index (χ1n) is 8.72. The van der Waals surface area contributed by atoms with Gasteiger partial charge in [-0.25, -0.2) is 4.79 Å². The van der Waals surface area contributed by atoms with Crippen LogP contribution in [0.5, 0.6) is 0 Å². The van der Waals surface area contributed by atoms with Crippen LogP contribution in [0.25, 0.3) is 11.0 Å². The number of fused-ring (bicyclic) bond motifs is 1. The molecule has 1 aromatic heterocycles. The van der Waals surface area contributed by atoms with Crippen molar-refractivity contribution in [1.29, 1.82) is 0 Å². The molecule has 3 N–H and O–H groups in total. The monoisotopic (exact) mass is 330 g/mol. The Balaban J connectivity index is 1.51. The molecule has 130 valence electrons. The Hall–Kier alpha value is -2.08. The second-order valence-corrected chi connectivity index (χ2v) is 7.09. The number of carbonyl (C=O) groups excluding carboxylic acids is 1.